The smallest absolute Gasteiger partial charge is 0.191 e. The molecule has 0 bridgehead atoms. The van der Waals surface area contributed by atoms with E-state index in [1.54, 1.807) is 27.8 Å². The van der Waals surface area contributed by atoms with Crippen LogP contribution in [0.2, 0.25) is 0 Å². The maximum absolute atomic E-state index is 12.0. The Morgan fingerprint density at radius 1 is 1.09 bits per heavy atom. The summed E-state index contributed by atoms with van der Waals surface area (Å²) < 4.78 is 28.7. The molecule has 0 rings (SSSR count). The summed E-state index contributed by atoms with van der Waals surface area (Å²) in [6.07, 6.45) is 3.13. The van der Waals surface area contributed by atoms with Crippen LogP contribution in [0.5, 0.6) is 0 Å². The number of nitrogens with one attached hydrogen (secondary N) is 2. The third-order valence-corrected chi connectivity index (χ3v) is 5.83. The molecule has 0 amide bonds. The lowest BCUT2D eigenvalue weighted by Crippen LogP contribution is -2.42. The molecular formula is C15H33N3O3S. The van der Waals surface area contributed by atoms with Crippen molar-refractivity contribution in [3.8, 4) is 0 Å². The molecule has 0 aliphatic carbocycles. The normalized spacial score (nSPS) is 13.2. The summed E-state index contributed by atoms with van der Waals surface area (Å²) in [5.41, 5.74) is 0. The van der Waals surface area contributed by atoms with E-state index >= 15 is 0 Å². The molecule has 0 saturated heterocycles. The highest BCUT2D eigenvalue weighted by Gasteiger charge is 2.28. The van der Waals surface area contributed by atoms with E-state index in [9.17, 15) is 8.42 Å². The topological polar surface area (TPSA) is 79.8 Å². The number of ether oxygens (including phenoxy) is 1. The van der Waals surface area contributed by atoms with Crippen LogP contribution in [0.25, 0.3) is 0 Å². The van der Waals surface area contributed by atoms with Gasteiger partial charge in [0.25, 0.3) is 0 Å². The standard InChI is InChI=1S/C15H33N3O3S/c1-6-7-11-21-12-8-9-17-14(16-5)18-10-13-22(19,20)15(2,3)4/h6-13H2,1-5H3,(H2,16,17,18). The molecule has 0 fully saturated rings. The molecule has 0 aromatic carbocycles. The second-order valence-corrected chi connectivity index (χ2v) is 9.04. The molecule has 0 saturated carbocycles. The number of rotatable bonds is 10. The highest BCUT2D eigenvalue weighted by molar-refractivity contribution is 7.92. The third-order valence-electron chi connectivity index (χ3n) is 3.22. The van der Waals surface area contributed by atoms with Crippen molar-refractivity contribution in [2.45, 2.75) is 51.7 Å². The van der Waals surface area contributed by atoms with Crippen molar-refractivity contribution in [2.75, 3.05) is 39.1 Å². The molecule has 0 aromatic rings. The van der Waals surface area contributed by atoms with Crippen LogP contribution in [0.15, 0.2) is 4.99 Å². The Morgan fingerprint density at radius 2 is 1.68 bits per heavy atom. The molecule has 0 heterocycles. The largest absolute Gasteiger partial charge is 0.381 e. The minimum absolute atomic E-state index is 0.0946. The molecule has 0 radical (unpaired) electrons. The van der Waals surface area contributed by atoms with Gasteiger partial charge in [-0.05, 0) is 33.6 Å². The van der Waals surface area contributed by atoms with Crippen LogP contribution < -0.4 is 10.6 Å². The number of hydrogen-bond donors (Lipinski definition) is 2. The Kier molecular flexibility index (Phi) is 10.4. The molecule has 7 heteroatoms. The first-order chi connectivity index (χ1) is 10.2. The van der Waals surface area contributed by atoms with Gasteiger partial charge in [0, 0.05) is 33.4 Å². The van der Waals surface area contributed by atoms with Crippen molar-refractivity contribution in [2.24, 2.45) is 4.99 Å². The maximum atomic E-state index is 12.0. The van der Waals surface area contributed by atoms with Gasteiger partial charge in [0.15, 0.2) is 15.8 Å². The van der Waals surface area contributed by atoms with Crippen molar-refractivity contribution in [3.63, 3.8) is 0 Å². The number of aliphatic imine (C=N–C) groups is 1. The average molecular weight is 336 g/mol. The summed E-state index contributed by atoms with van der Waals surface area (Å²) in [5.74, 6) is 0.717. The van der Waals surface area contributed by atoms with E-state index in [1.165, 1.54) is 0 Å². The molecule has 0 spiro atoms. The van der Waals surface area contributed by atoms with Crippen molar-refractivity contribution >= 4 is 15.8 Å². The molecule has 0 unspecified atom stereocenters. The SMILES string of the molecule is CCCCOCCCNC(=NC)NCCS(=O)(=O)C(C)(C)C. The second-order valence-electron chi connectivity index (χ2n) is 6.18. The lowest BCUT2D eigenvalue weighted by atomic mass is 10.3. The maximum Gasteiger partial charge on any atom is 0.191 e. The molecule has 0 atom stereocenters. The predicted octanol–water partition coefficient (Wildman–Crippen LogP) is 1.57. The lowest BCUT2D eigenvalue weighted by molar-refractivity contribution is 0.129. The number of unbranched alkanes of at least 4 members (excludes halogenated alkanes) is 1. The van der Waals surface area contributed by atoms with Crippen molar-refractivity contribution in [1.29, 1.82) is 0 Å². The summed E-state index contributed by atoms with van der Waals surface area (Å²) in [6.45, 7) is 9.93. The Morgan fingerprint density at radius 3 is 2.23 bits per heavy atom. The van der Waals surface area contributed by atoms with Gasteiger partial charge in [0.05, 0.1) is 10.5 Å². The van der Waals surface area contributed by atoms with E-state index in [1.807, 2.05) is 0 Å². The molecule has 132 valence electrons. The van der Waals surface area contributed by atoms with Crippen molar-refractivity contribution in [1.82, 2.24) is 10.6 Å². The summed E-state index contributed by atoms with van der Waals surface area (Å²) in [7, 11) is -1.43. The first-order valence-corrected chi connectivity index (χ1v) is 9.64. The Balaban J connectivity index is 3.86. The first-order valence-electron chi connectivity index (χ1n) is 7.99. The van der Waals surface area contributed by atoms with Gasteiger partial charge in [-0.1, -0.05) is 13.3 Å². The Bertz CT molecular complexity index is 414. The summed E-state index contributed by atoms with van der Waals surface area (Å²) in [4.78, 5) is 4.08. The molecule has 0 aliphatic heterocycles. The predicted molar refractivity (Wildman–Crippen MR) is 93.2 cm³/mol. The van der Waals surface area contributed by atoms with Gasteiger partial charge in [-0.2, -0.15) is 0 Å². The average Bonchev–Trinajstić information content (AvgIpc) is 2.43. The van der Waals surface area contributed by atoms with Gasteiger partial charge in [-0.25, -0.2) is 8.42 Å². The molecule has 0 aromatic heterocycles. The Labute approximate surface area is 136 Å². The zero-order chi connectivity index (χ0) is 17.1. The molecule has 6 nitrogen and oxygen atoms in total. The van der Waals surface area contributed by atoms with Crippen LogP contribution >= 0.6 is 0 Å². The lowest BCUT2D eigenvalue weighted by Gasteiger charge is -2.19. The van der Waals surface area contributed by atoms with E-state index in [4.69, 9.17) is 4.74 Å². The second kappa shape index (κ2) is 10.8. The van der Waals surface area contributed by atoms with E-state index in [0.717, 1.165) is 39.0 Å². The summed E-state index contributed by atoms with van der Waals surface area (Å²) in [5, 5.41) is 6.18. The summed E-state index contributed by atoms with van der Waals surface area (Å²) >= 11 is 0. The van der Waals surface area contributed by atoms with Gasteiger partial charge in [0.2, 0.25) is 0 Å². The van der Waals surface area contributed by atoms with E-state index in [2.05, 4.69) is 22.5 Å². The van der Waals surface area contributed by atoms with Gasteiger partial charge in [-0.3, -0.25) is 4.99 Å². The quantitative estimate of drug-likeness (QED) is 0.360. The van der Waals surface area contributed by atoms with Gasteiger partial charge < -0.3 is 15.4 Å². The minimum Gasteiger partial charge on any atom is -0.381 e. The highest BCUT2D eigenvalue weighted by atomic mass is 32.2. The minimum atomic E-state index is -3.10. The zero-order valence-corrected chi connectivity index (χ0v) is 15.6. The van der Waals surface area contributed by atoms with Crippen LogP contribution in [0, 0.1) is 0 Å². The fraction of sp³-hybridized carbons (Fsp3) is 0.933. The zero-order valence-electron chi connectivity index (χ0n) is 14.7. The van der Waals surface area contributed by atoms with E-state index < -0.39 is 14.6 Å². The molecule has 0 aliphatic rings. The van der Waals surface area contributed by atoms with Crippen LogP contribution in [0.1, 0.15) is 47.0 Å². The van der Waals surface area contributed by atoms with Crippen LogP contribution in [-0.2, 0) is 14.6 Å². The van der Waals surface area contributed by atoms with Crippen LogP contribution in [0.3, 0.4) is 0 Å². The van der Waals surface area contributed by atoms with E-state index in [-0.39, 0.29) is 5.75 Å². The number of sulfone groups is 1. The Hall–Kier alpha value is -0.820. The van der Waals surface area contributed by atoms with Crippen molar-refractivity contribution < 1.29 is 13.2 Å². The molecule has 22 heavy (non-hydrogen) atoms. The summed E-state index contributed by atoms with van der Waals surface area (Å²) in [6, 6.07) is 0. The first kappa shape index (κ1) is 21.2. The van der Waals surface area contributed by atoms with Crippen molar-refractivity contribution in [3.05, 3.63) is 0 Å². The van der Waals surface area contributed by atoms with Crippen LogP contribution in [-0.4, -0.2) is 58.2 Å². The fourth-order valence-electron chi connectivity index (χ4n) is 1.56. The van der Waals surface area contributed by atoms with Crippen LogP contribution in [0.4, 0.5) is 0 Å². The van der Waals surface area contributed by atoms with Gasteiger partial charge in [0.1, 0.15) is 0 Å². The monoisotopic (exact) mass is 335 g/mol. The van der Waals surface area contributed by atoms with E-state index in [0.29, 0.717) is 12.5 Å². The molecule has 2 N–H and O–H groups in total. The molecular weight excluding hydrogens is 302 g/mol. The fourth-order valence-corrected chi connectivity index (χ4v) is 2.54. The van der Waals surface area contributed by atoms with Gasteiger partial charge >= 0.3 is 0 Å². The highest BCUT2D eigenvalue weighted by Crippen LogP contribution is 2.15. The number of nitrogens with zero attached hydrogens (tertiary/aromatic N) is 1. The number of guanidine groups is 1. The van der Waals surface area contributed by atoms with Gasteiger partial charge in [-0.15, -0.1) is 0 Å². The third kappa shape index (κ3) is 9.25. The number of hydrogen-bond acceptors (Lipinski definition) is 4.